The topological polar surface area (TPSA) is 239 Å². The maximum Gasteiger partial charge on any atom is 0.289 e. The quantitative estimate of drug-likeness (QED) is 0.0658. The van der Waals surface area contributed by atoms with Gasteiger partial charge >= 0.3 is 0 Å². The summed E-state index contributed by atoms with van der Waals surface area (Å²) in [6.45, 7) is -0.398. The number of aromatic amines is 2. The molecule has 0 radical (unpaired) electrons. The van der Waals surface area contributed by atoms with Crippen LogP contribution in [-0.4, -0.2) is 55.6 Å². The summed E-state index contributed by atoms with van der Waals surface area (Å²) in [5.74, 6) is -0.435. The number of carbonyl (C=O) groups is 1. The highest BCUT2D eigenvalue weighted by Gasteiger charge is 2.54. The molecule has 0 unspecified atom stereocenters. The van der Waals surface area contributed by atoms with Crippen molar-refractivity contribution in [3.8, 4) is 0 Å². The molecule has 8 rings (SSSR count). The number of para-hydroxylation sites is 5. The molecule has 1 amide bonds. The first-order valence-corrected chi connectivity index (χ1v) is 20.9. The van der Waals surface area contributed by atoms with Crippen LogP contribution in [-0.2, 0) is 43.1 Å². The predicted molar refractivity (Wildman–Crippen MR) is 216 cm³/mol. The molecular weight excluding hydrogens is 787 g/mol. The lowest BCUT2D eigenvalue weighted by molar-refractivity contribution is -0.388. The fourth-order valence-corrected chi connectivity index (χ4v) is 10.3. The molecular formula is C40H33N7O9S2. The third-order valence-electron chi connectivity index (χ3n) is 10.3. The highest BCUT2D eigenvalue weighted by atomic mass is 32.2. The average molecular weight is 820 g/mol. The zero-order chi connectivity index (χ0) is 40.8. The lowest BCUT2D eigenvalue weighted by Crippen LogP contribution is -2.40. The Morgan fingerprint density at radius 3 is 1.47 bits per heavy atom. The standard InChI is InChI=1S/C40H33N7O9S2/c48-39-40(29-13-3-6-16-32(29)45-39,37-27(25-11-1-4-14-30(25)43-37)21-23-41-57(53,54)35-19-9-7-17-33(35)46(49)50)38-28(26-12-2-5-15-31(26)44-38)22-24-42-58(55,56)36-20-10-8-18-34(36)47(51)52/h1-20,41-44H,21-24H2,(H,45,48). The summed E-state index contributed by atoms with van der Waals surface area (Å²) in [6, 6.07) is 31.8. The molecule has 294 valence electrons. The Balaban J connectivity index is 1.26. The predicted octanol–water partition coefficient (Wildman–Crippen LogP) is 5.79. The van der Waals surface area contributed by atoms with Crippen LogP contribution in [0, 0.1) is 20.2 Å². The Bertz CT molecular complexity index is 2860. The summed E-state index contributed by atoms with van der Waals surface area (Å²) in [6.07, 6.45) is 0.0865. The number of sulfonamides is 2. The summed E-state index contributed by atoms with van der Waals surface area (Å²) in [5, 5.41) is 27.8. The van der Waals surface area contributed by atoms with Gasteiger partial charge in [-0.25, -0.2) is 26.3 Å². The van der Waals surface area contributed by atoms with Crippen LogP contribution in [0.1, 0.15) is 28.1 Å². The van der Waals surface area contributed by atoms with Crippen molar-refractivity contribution in [1.29, 1.82) is 0 Å². The number of nitro groups is 2. The van der Waals surface area contributed by atoms with E-state index in [1.807, 2.05) is 54.6 Å². The molecule has 18 heteroatoms. The number of hydrogen-bond acceptors (Lipinski definition) is 9. The van der Waals surface area contributed by atoms with E-state index in [-0.39, 0.29) is 25.9 Å². The second-order valence-electron chi connectivity index (χ2n) is 13.5. The number of amides is 1. The van der Waals surface area contributed by atoms with Gasteiger partial charge in [0.2, 0.25) is 26.0 Å². The molecule has 0 fully saturated rings. The average Bonchev–Trinajstić information content (AvgIpc) is 3.87. The van der Waals surface area contributed by atoms with Crippen molar-refractivity contribution in [3.05, 3.63) is 170 Å². The second kappa shape index (κ2) is 14.6. The molecule has 0 spiro atoms. The van der Waals surface area contributed by atoms with E-state index in [2.05, 4.69) is 24.7 Å². The van der Waals surface area contributed by atoms with Gasteiger partial charge in [0, 0.05) is 69.7 Å². The minimum atomic E-state index is -4.36. The van der Waals surface area contributed by atoms with Crippen LogP contribution < -0.4 is 14.8 Å². The first kappa shape index (κ1) is 38.2. The number of nitrogens with zero attached hydrogens (tertiary/aromatic N) is 2. The van der Waals surface area contributed by atoms with E-state index in [0.29, 0.717) is 55.6 Å². The molecule has 1 aliphatic heterocycles. The lowest BCUT2D eigenvalue weighted by Gasteiger charge is -2.29. The van der Waals surface area contributed by atoms with Crippen LogP contribution in [0.15, 0.2) is 131 Å². The number of anilines is 1. The molecule has 0 bridgehead atoms. The Morgan fingerprint density at radius 2 is 0.983 bits per heavy atom. The zero-order valence-corrected chi connectivity index (χ0v) is 31.9. The van der Waals surface area contributed by atoms with Gasteiger partial charge in [-0.15, -0.1) is 0 Å². The number of nitrogens with one attached hydrogen (secondary N) is 5. The summed E-state index contributed by atoms with van der Waals surface area (Å²) < 4.78 is 58.9. The molecule has 2 aromatic heterocycles. The largest absolute Gasteiger partial charge is 0.357 e. The minimum absolute atomic E-state index is 0.0433. The first-order valence-electron chi connectivity index (χ1n) is 17.9. The molecule has 5 N–H and O–H groups in total. The Labute approximate surface area is 330 Å². The maximum atomic E-state index is 14.9. The third-order valence-corrected chi connectivity index (χ3v) is 13.4. The van der Waals surface area contributed by atoms with Crippen LogP contribution in [0.3, 0.4) is 0 Å². The molecule has 0 saturated carbocycles. The molecule has 16 nitrogen and oxygen atoms in total. The van der Waals surface area contributed by atoms with E-state index in [4.69, 9.17) is 0 Å². The molecule has 0 aliphatic carbocycles. The number of benzene rings is 5. The number of aromatic nitrogens is 2. The van der Waals surface area contributed by atoms with Crippen molar-refractivity contribution < 1.29 is 31.5 Å². The van der Waals surface area contributed by atoms with Gasteiger partial charge in [0.1, 0.15) is 0 Å². The van der Waals surface area contributed by atoms with E-state index in [9.17, 15) is 41.9 Å². The van der Waals surface area contributed by atoms with Crippen molar-refractivity contribution in [2.24, 2.45) is 0 Å². The van der Waals surface area contributed by atoms with Gasteiger partial charge in [0.25, 0.3) is 11.4 Å². The van der Waals surface area contributed by atoms with E-state index >= 15 is 0 Å². The van der Waals surface area contributed by atoms with Crippen LogP contribution in [0.4, 0.5) is 17.1 Å². The number of nitro benzene ring substituents is 2. The second-order valence-corrected chi connectivity index (χ2v) is 17.0. The van der Waals surface area contributed by atoms with Crippen molar-refractivity contribution in [1.82, 2.24) is 19.4 Å². The van der Waals surface area contributed by atoms with Gasteiger partial charge in [-0.3, -0.25) is 25.0 Å². The van der Waals surface area contributed by atoms with Crippen LogP contribution >= 0.6 is 0 Å². The number of H-pyrrole nitrogens is 2. The molecule has 5 aromatic carbocycles. The summed E-state index contributed by atoms with van der Waals surface area (Å²) in [4.78, 5) is 42.8. The molecule has 0 atom stereocenters. The fraction of sp³-hybridized carbons (Fsp3) is 0.125. The van der Waals surface area contributed by atoms with Gasteiger partial charge in [0.15, 0.2) is 15.2 Å². The number of fused-ring (bicyclic) bond motifs is 3. The van der Waals surface area contributed by atoms with E-state index in [0.717, 1.165) is 24.3 Å². The first-order chi connectivity index (χ1) is 27.8. The van der Waals surface area contributed by atoms with Crippen LogP contribution in [0.2, 0.25) is 0 Å². The number of rotatable bonds is 14. The number of hydrogen-bond donors (Lipinski definition) is 5. The Kier molecular flexibility index (Phi) is 9.64. The summed E-state index contributed by atoms with van der Waals surface area (Å²) in [5.41, 5.74) is 1.66. The molecule has 0 saturated heterocycles. The van der Waals surface area contributed by atoms with E-state index in [1.165, 1.54) is 24.3 Å². The maximum absolute atomic E-state index is 14.9. The van der Waals surface area contributed by atoms with Gasteiger partial charge < -0.3 is 15.3 Å². The third kappa shape index (κ3) is 6.37. The van der Waals surface area contributed by atoms with Crippen molar-refractivity contribution in [3.63, 3.8) is 0 Å². The fourth-order valence-electron chi connectivity index (χ4n) is 7.89. The number of carbonyl (C=O) groups excluding carboxylic acids is 1. The highest BCUT2D eigenvalue weighted by molar-refractivity contribution is 7.90. The summed E-state index contributed by atoms with van der Waals surface area (Å²) in [7, 11) is -8.71. The van der Waals surface area contributed by atoms with Crippen LogP contribution in [0.5, 0.6) is 0 Å². The molecule has 3 heterocycles. The van der Waals surface area contributed by atoms with Gasteiger partial charge in [-0.1, -0.05) is 78.9 Å². The minimum Gasteiger partial charge on any atom is -0.357 e. The van der Waals surface area contributed by atoms with E-state index in [1.54, 1.807) is 18.2 Å². The summed E-state index contributed by atoms with van der Waals surface area (Å²) >= 11 is 0. The molecule has 7 aromatic rings. The Morgan fingerprint density at radius 1 is 0.569 bits per heavy atom. The lowest BCUT2D eigenvalue weighted by atomic mass is 9.72. The molecule has 1 aliphatic rings. The smallest absolute Gasteiger partial charge is 0.289 e. The SMILES string of the molecule is O=C1Nc2ccccc2C1(c1[nH]c2ccccc2c1CCNS(=O)(=O)c1ccccc1[N+](=O)[O-])c1[nH]c2ccccc2c1CCNS(=O)(=O)c1ccccc1[N+](=O)[O-]. The molecule has 58 heavy (non-hydrogen) atoms. The Hall–Kier alpha value is -6.73. The van der Waals surface area contributed by atoms with Gasteiger partial charge in [-0.05, 0) is 54.3 Å². The van der Waals surface area contributed by atoms with Crippen molar-refractivity contribution in [2.45, 2.75) is 28.0 Å². The van der Waals surface area contributed by atoms with E-state index < -0.39 is 62.4 Å². The normalized spacial score (nSPS) is 13.8. The van der Waals surface area contributed by atoms with Crippen molar-refractivity contribution in [2.75, 3.05) is 18.4 Å². The van der Waals surface area contributed by atoms with Gasteiger partial charge in [0.05, 0.1) is 9.85 Å². The highest BCUT2D eigenvalue weighted by Crippen LogP contribution is 2.51. The van der Waals surface area contributed by atoms with Crippen molar-refractivity contribution >= 4 is 64.8 Å². The van der Waals surface area contributed by atoms with Crippen LogP contribution in [0.25, 0.3) is 21.8 Å². The monoisotopic (exact) mass is 819 g/mol. The van der Waals surface area contributed by atoms with Gasteiger partial charge in [-0.2, -0.15) is 0 Å². The zero-order valence-electron chi connectivity index (χ0n) is 30.3.